The molecule has 0 saturated carbocycles. The van der Waals surface area contributed by atoms with Gasteiger partial charge < -0.3 is 10.1 Å². The van der Waals surface area contributed by atoms with Crippen molar-refractivity contribution in [3.05, 3.63) is 81.4 Å². The molecule has 1 unspecified atom stereocenters. The van der Waals surface area contributed by atoms with Crippen LogP contribution in [0.15, 0.2) is 54.6 Å². The van der Waals surface area contributed by atoms with Gasteiger partial charge in [0.1, 0.15) is 0 Å². The predicted octanol–water partition coefficient (Wildman–Crippen LogP) is 3.44. The van der Waals surface area contributed by atoms with Gasteiger partial charge in [0.05, 0.1) is 16.1 Å². The molecule has 1 atom stereocenters. The molecular formula is C20H20N2O5S. The topological polar surface area (TPSA) is 98.5 Å². The van der Waals surface area contributed by atoms with E-state index in [-0.39, 0.29) is 16.2 Å². The number of ether oxygens (including phenoxy) is 1. The van der Waals surface area contributed by atoms with Gasteiger partial charge in [-0.3, -0.25) is 14.9 Å². The molecule has 0 spiro atoms. The van der Waals surface area contributed by atoms with Crippen LogP contribution < -0.4 is 5.32 Å². The highest BCUT2D eigenvalue weighted by Crippen LogP contribution is 2.25. The van der Waals surface area contributed by atoms with Gasteiger partial charge in [0.15, 0.2) is 0 Å². The Morgan fingerprint density at radius 1 is 1.04 bits per heavy atom. The van der Waals surface area contributed by atoms with Crippen molar-refractivity contribution in [3.63, 3.8) is 0 Å². The van der Waals surface area contributed by atoms with Gasteiger partial charge in [-0.25, -0.2) is 4.79 Å². The van der Waals surface area contributed by atoms with E-state index in [4.69, 9.17) is 4.74 Å². The average Bonchev–Trinajstić information content (AvgIpc) is 2.73. The standard InChI is InChI=1S/C20H20N2O5S/c23-19(27-18(22(25)26)14-4-2-1-3-5-14)15-6-8-16(9-7-15)20(24)28-17-10-12-21-13-11-17/h1-9,17-18,21H,10-13H2. The zero-order chi connectivity index (χ0) is 19.9. The number of nitrogens with one attached hydrogen (secondary N) is 1. The normalized spacial score (nSPS) is 15.6. The molecule has 1 aliphatic heterocycles. The first kappa shape index (κ1) is 20.0. The van der Waals surface area contributed by atoms with Gasteiger partial charge in [-0.1, -0.05) is 30.0 Å². The first-order valence-corrected chi connectivity index (χ1v) is 9.84. The van der Waals surface area contributed by atoms with Crippen LogP contribution in [0.25, 0.3) is 0 Å². The molecule has 1 heterocycles. The van der Waals surface area contributed by atoms with Crippen molar-refractivity contribution in [1.29, 1.82) is 0 Å². The average molecular weight is 400 g/mol. The summed E-state index contributed by atoms with van der Waals surface area (Å²) in [6, 6.07) is 14.1. The molecule has 3 rings (SSSR count). The van der Waals surface area contributed by atoms with Gasteiger partial charge in [0, 0.05) is 10.8 Å². The first-order chi connectivity index (χ1) is 13.5. The Balaban J connectivity index is 1.64. The van der Waals surface area contributed by atoms with Crippen molar-refractivity contribution < 1.29 is 19.2 Å². The van der Waals surface area contributed by atoms with Gasteiger partial charge in [0.2, 0.25) is 5.12 Å². The van der Waals surface area contributed by atoms with Crippen LogP contribution in [0.3, 0.4) is 0 Å². The Kier molecular flexibility index (Phi) is 6.78. The van der Waals surface area contributed by atoms with E-state index >= 15 is 0 Å². The summed E-state index contributed by atoms with van der Waals surface area (Å²) in [5, 5.41) is 14.8. The summed E-state index contributed by atoms with van der Waals surface area (Å²) in [7, 11) is 0. The number of benzene rings is 2. The number of hydrogen-bond donors (Lipinski definition) is 1. The van der Waals surface area contributed by atoms with Crippen LogP contribution in [0.5, 0.6) is 0 Å². The lowest BCUT2D eigenvalue weighted by Crippen LogP contribution is -2.29. The maximum Gasteiger partial charge on any atom is 0.383 e. The Bertz CT molecular complexity index is 835. The van der Waals surface area contributed by atoms with Crippen molar-refractivity contribution in [3.8, 4) is 0 Å². The number of hydrogen-bond acceptors (Lipinski definition) is 7. The van der Waals surface area contributed by atoms with Crippen LogP contribution >= 0.6 is 11.8 Å². The third-order valence-corrected chi connectivity index (χ3v) is 5.67. The second-order valence-electron chi connectivity index (χ2n) is 6.39. The summed E-state index contributed by atoms with van der Waals surface area (Å²) >= 11 is 1.32. The zero-order valence-electron chi connectivity index (χ0n) is 15.1. The molecular weight excluding hydrogens is 380 g/mol. The van der Waals surface area contributed by atoms with Crippen molar-refractivity contribution in [2.24, 2.45) is 0 Å². The highest BCUT2D eigenvalue weighted by molar-refractivity contribution is 8.14. The van der Waals surface area contributed by atoms with Crippen LogP contribution in [0.1, 0.15) is 45.3 Å². The molecule has 8 heteroatoms. The number of carbonyl (C=O) groups is 2. The Morgan fingerprint density at radius 3 is 2.25 bits per heavy atom. The van der Waals surface area contributed by atoms with E-state index in [1.807, 2.05) is 0 Å². The van der Waals surface area contributed by atoms with E-state index in [0.717, 1.165) is 25.9 Å². The highest BCUT2D eigenvalue weighted by Gasteiger charge is 2.28. The summed E-state index contributed by atoms with van der Waals surface area (Å²) in [5.74, 6) is -0.810. The van der Waals surface area contributed by atoms with Gasteiger partial charge >= 0.3 is 12.2 Å². The molecule has 2 aromatic rings. The molecule has 1 fully saturated rings. The largest absolute Gasteiger partial charge is 0.390 e. The molecule has 28 heavy (non-hydrogen) atoms. The van der Waals surface area contributed by atoms with Gasteiger partial charge in [0.25, 0.3) is 0 Å². The smallest absolute Gasteiger partial charge is 0.383 e. The van der Waals surface area contributed by atoms with E-state index in [1.54, 1.807) is 30.3 Å². The quantitative estimate of drug-likeness (QED) is 0.343. The predicted molar refractivity (Wildman–Crippen MR) is 106 cm³/mol. The second kappa shape index (κ2) is 9.48. The number of piperidine rings is 1. The minimum absolute atomic E-state index is 0.0423. The number of esters is 1. The maximum absolute atomic E-state index is 12.4. The summed E-state index contributed by atoms with van der Waals surface area (Å²) in [6.45, 7) is 1.82. The molecule has 0 radical (unpaired) electrons. The third kappa shape index (κ3) is 5.17. The lowest BCUT2D eigenvalue weighted by molar-refractivity contribution is -0.574. The minimum atomic E-state index is -1.58. The van der Waals surface area contributed by atoms with Crippen LogP contribution in [-0.4, -0.2) is 34.3 Å². The fourth-order valence-electron chi connectivity index (χ4n) is 2.89. The third-order valence-electron chi connectivity index (χ3n) is 4.41. The van der Waals surface area contributed by atoms with E-state index in [0.29, 0.717) is 10.8 Å². The number of thioether (sulfide) groups is 1. The molecule has 0 bridgehead atoms. The van der Waals surface area contributed by atoms with Gasteiger partial charge in [-0.2, -0.15) is 0 Å². The Hall–Kier alpha value is -2.71. The highest BCUT2D eigenvalue weighted by atomic mass is 32.2. The van der Waals surface area contributed by atoms with E-state index in [1.165, 1.54) is 36.0 Å². The van der Waals surface area contributed by atoms with Crippen LogP contribution in [0, 0.1) is 10.1 Å². The Labute approximate surface area is 166 Å². The summed E-state index contributed by atoms with van der Waals surface area (Å²) in [5.41, 5.74) is 0.936. The minimum Gasteiger partial charge on any atom is -0.390 e. The number of nitrogens with zero attached hydrogens (tertiary/aromatic N) is 1. The fourth-order valence-corrected chi connectivity index (χ4v) is 3.94. The molecule has 0 aliphatic carbocycles. The van der Waals surface area contributed by atoms with E-state index < -0.39 is 17.1 Å². The molecule has 1 saturated heterocycles. The van der Waals surface area contributed by atoms with Crippen molar-refractivity contribution in [2.45, 2.75) is 24.3 Å². The molecule has 1 aliphatic rings. The van der Waals surface area contributed by atoms with Crippen molar-refractivity contribution >= 4 is 22.8 Å². The molecule has 2 aromatic carbocycles. The number of nitro groups is 1. The van der Waals surface area contributed by atoms with Gasteiger partial charge in [-0.15, -0.1) is 0 Å². The lowest BCUT2D eigenvalue weighted by atomic mass is 10.1. The number of carbonyl (C=O) groups excluding carboxylic acids is 2. The van der Waals surface area contributed by atoms with Crippen molar-refractivity contribution in [2.75, 3.05) is 13.1 Å². The lowest BCUT2D eigenvalue weighted by Gasteiger charge is -2.21. The maximum atomic E-state index is 12.4. The number of rotatable bonds is 6. The fraction of sp³-hybridized carbons (Fsp3) is 0.300. The molecule has 0 aromatic heterocycles. The summed E-state index contributed by atoms with van der Waals surface area (Å²) in [6.07, 6.45) is 0.316. The van der Waals surface area contributed by atoms with Crippen molar-refractivity contribution in [1.82, 2.24) is 5.32 Å². The SMILES string of the molecule is O=C(OC(c1ccccc1)[N+](=O)[O-])c1ccc(C(=O)SC2CCNCC2)cc1. The first-order valence-electron chi connectivity index (χ1n) is 8.96. The van der Waals surface area contributed by atoms with E-state index in [2.05, 4.69) is 5.32 Å². The second-order valence-corrected chi connectivity index (χ2v) is 7.66. The Morgan fingerprint density at radius 2 is 1.64 bits per heavy atom. The van der Waals surface area contributed by atoms with Gasteiger partial charge in [-0.05, 0) is 62.3 Å². The van der Waals surface area contributed by atoms with Crippen LogP contribution in [0.2, 0.25) is 0 Å². The zero-order valence-corrected chi connectivity index (χ0v) is 15.9. The molecule has 0 amide bonds. The van der Waals surface area contributed by atoms with Crippen LogP contribution in [0.4, 0.5) is 0 Å². The van der Waals surface area contributed by atoms with E-state index in [9.17, 15) is 19.7 Å². The monoisotopic (exact) mass is 400 g/mol. The molecule has 146 valence electrons. The summed E-state index contributed by atoms with van der Waals surface area (Å²) in [4.78, 5) is 35.3. The van der Waals surface area contributed by atoms with Crippen LogP contribution in [-0.2, 0) is 4.74 Å². The summed E-state index contributed by atoms with van der Waals surface area (Å²) < 4.78 is 5.07. The molecule has 7 nitrogen and oxygen atoms in total. The molecule has 1 N–H and O–H groups in total.